The number of esters is 2. The van der Waals surface area contributed by atoms with Crippen molar-refractivity contribution >= 4 is 23.7 Å². The first-order chi connectivity index (χ1) is 17.3. The number of benzene rings is 2. The Morgan fingerprint density at radius 1 is 1.03 bits per heavy atom. The number of nitrogens with zero attached hydrogens (tertiary/aromatic N) is 2. The molecule has 0 bridgehead atoms. The van der Waals surface area contributed by atoms with Crippen molar-refractivity contribution in [1.82, 2.24) is 9.55 Å². The molecule has 1 aliphatic heterocycles. The molecule has 2 heterocycles. The van der Waals surface area contributed by atoms with Crippen LogP contribution in [-0.4, -0.2) is 46.2 Å². The third-order valence-electron chi connectivity index (χ3n) is 5.51. The Morgan fingerprint density at radius 2 is 1.69 bits per heavy atom. The van der Waals surface area contributed by atoms with E-state index in [1.54, 1.807) is 30.3 Å². The fourth-order valence-corrected chi connectivity index (χ4v) is 3.94. The first-order valence-corrected chi connectivity index (χ1v) is 11.3. The Balaban J connectivity index is 1.72. The number of nitrogens with one attached hydrogen (secondary N) is 1. The summed E-state index contributed by atoms with van der Waals surface area (Å²) in [7, 11) is 0. The van der Waals surface area contributed by atoms with Gasteiger partial charge in [0.25, 0.3) is 5.91 Å². The Bertz CT molecular complexity index is 1310. The molecule has 1 amide bonds. The molecule has 0 aliphatic carbocycles. The van der Waals surface area contributed by atoms with Crippen molar-refractivity contribution in [3.05, 3.63) is 82.9 Å². The maximum atomic E-state index is 13.1. The van der Waals surface area contributed by atoms with E-state index in [1.165, 1.54) is 24.6 Å². The number of ether oxygens (including phenoxy) is 3. The summed E-state index contributed by atoms with van der Waals surface area (Å²) in [6.45, 7) is 2.48. The molecule has 0 unspecified atom stereocenters. The minimum atomic E-state index is -1.00. The molecule has 0 spiro atoms. The quantitative estimate of drug-likeness (QED) is 0.500. The molecule has 10 heteroatoms. The predicted octanol–water partition coefficient (Wildman–Crippen LogP) is 2.94. The molecule has 1 saturated heterocycles. The highest BCUT2D eigenvalue weighted by atomic mass is 16.6. The van der Waals surface area contributed by atoms with Gasteiger partial charge < -0.3 is 19.5 Å². The monoisotopic (exact) mass is 491 g/mol. The van der Waals surface area contributed by atoms with Crippen molar-refractivity contribution in [2.45, 2.75) is 38.7 Å². The summed E-state index contributed by atoms with van der Waals surface area (Å²) in [5, 5.41) is 2.72. The molecule has 36 heavy (non-hydrogen) atoms. The molecular weight excluding hydrogens is 466 g/mol. The van der Waals surface area contributed by atoms with E-state index in [0.717, 1.165) is 0 Å². The van der Waals surface area contributed by atoms with Crippen molar-refractivity contribution in [3.8, 4) is 11.1 Å². The van der Waals surface area contributed by atoms with Crippen molar-refractivity contribution in [1.29, 1.82) is 0 Å². The van der Waals surface area contributed by atoms with E-state index in [9.17, 15) is 19.2 Å². The summed E-state index contributed by atoms with van der Waals surface area (Å²) in [5.74, 6) is -1.36. The molecule has 3 aromatic rings. The van der Waals surface area contributed by atoms with E-state index in [4.69, 9.17) is 14.2 Å². The summed E-state index contributed by atoms with van der Waals surface area (Å²) in [4.78, 5) is 53.0. The van der Waals surface area contributed by atoms with Crippen LogP contribution in [-0.2, 0) is 23.8 Å². The maximum absolute atomic E-state index is 13.1. The van der Waals surface area contributed by atoms with Crippen LogP contribution < -0.4 is 11.0 Å². The van der Waals surface area contributed by atoms with Crippen LogP contribution in [0.3, 0.4) is 0 Å². The van der Waals surface area contributed by atoms with Gasteiger partial charge in [-0.1, -0.05) is 48.5 Å². The van der Waals surface area contributed by atoms with Gasteiger partial charge >= 0.3 is 17.6 Å². The van der Waals surface area contributed by atoms with Crippen molar-refractivity contribution in [3.63, 3.8) is 0 Å². The average Bonchev–Trinajstić information content (AvgIpc) is 3.25. The fraction of sp³-hybridized carbons (Fsp3) is 0.269. The lowest BCUT2D eigenvalue weighted by atomic mass is 10.1. The largest absolute Gasteiger partial charge is 0.463 e. The zero-order valence-corrected chi connectivity index (χ0v) is 19.7. The fourth-order valence-electron chi connectivity index (χ4n) is 3.94. The van der Waals surface area contributed by atoms with Crippen LogP contribution in [0.2, 0.25) is 0 Å². The smallest absolute Gasteiger partial charge is 0.351 e. The van der Waals surface area contributed by atoms with E-state index in [2.05, 4.69) is 10.3 Å². The predicted molar refractivity (Wildman–Crippen MR) is 129 cm³/mol. The molecule has 0 saturated carbocycles. The number of anilines is 1. The highest BCUT2D eigenvalue weighted by Gasteiger charge is 2.40. The summed E-state index contributed by atoms with van der Waals surface area (Å²) in [6, 6.07) is 17.7. The number of hydrogen-bond acceptors (Lipinski definition) is 8. The normalized spacial score (nSPS) is 18.9. The zero-order valence-electron chi connectivity index (χ0n) is 19.7. The summed E-state index contributed by atoms with van der Waals surface area (Å²) < 4.78 is 17.6. The molecular formula is C26H25N3O7. The Kier molecular flexibility index (Phi) is 7.55. The van der Waals surface area contributed by atoms with Gasteiger partial charge in [-0.05, 0) is 17.7 Å². The van der Waals surface area contributed by atoms with Crippen LogP contribution in [0, 0.1) is 0 Å². The molecule has 1 fully saturated rings. The van der Waals surface area contributed by atoms with Gasteiger partial charge in [-0.15, -0.1) is 0 Å². The molecule has 1 aliphatic rings. The van der Waals surface area contributed by atoms with Crippen LogP contribution in [0.4, 0.5) is 5.82 Å². The Morgan fingerprint density at radius 3 is 2.33 bits per heavy atom. The second kappa shape index (κ2) is 11.0. The highest BCUT2D eigenvalue weighted by molar-refractivity contribution is 6.05. The van der Waals surface area contributed by atoms with Gasteiger partial charge in [-0.25, -0.2) is 4.79 Å². The van der Waals surface area contributed by atoms with E-state index >= 15 is 0 Å². The van der Waals surface area contributed by atoms with Crippen LogP contribution in [0.1, 0.15) is 36.9 Å². The number of carbonyl (C=O) groups is 3. The number of rotatable bonds is 7. The standard InChI is InChI=1S/C26H25N3O7/c1-16(30)34-15-20-13-22(35-17(2)31)25(36-20)29-14-21(18-9-5-3-6-10-18)23(28-26(29)33)27-24(32)19-11-7-4-8-12-19/h3-12,14,20,22,25H,13,15H2,1-2H3,(H,27,28,32,33)/t20-,22+,25+/m0/s1. The molecule has 1 N–H and O–H groups in total. The van der Waals surface area contributed by atoms with Crippen molar-refractivity contribution < 1.29 is 28.6 Å². The van der Waals surface area contributed by atoms with E-state index in [-0.39, 0.29) is 18.8 Å². The number of aromatic nitrogens is 2. The summed E-state index contributed by atoms with van der Waals surface area (Å²) >= 11 is 0. The second-order valence-corrected chi connectivity index (χ2v) is 8.21. The minimum absolute atomic E-state index is 0.0530. The number of amides is 1. The van der Waals surface area contributed by atoms with E-state index in [0.29, 0.717) is 16.7 Å². The molecule has 4 rings (SSSR count). The van der Waals surface area contributed by atoms with Crippen molar-refractivity contribution in [2.24, 2.45) is 0 Å². The maximum Gasteiger partial charge on any atom is 0.351 e. The van der Waals surface area contributed by atoms with Gasteiger partial charge in [0.2, 0.25) is 0 Å². The van der Waals surface area contributed by atoms with Crippen LogP contribution in [0.25, 0.3) is 11.1 Å². The van der Waals surface area contributed by atoms with E-state index in [1.807, 2.05) is 30.3 Å². The minimum Gasteiger partial charge on any atom is -0.463 e. The lowest BCUT2D eigenvalue weighted by molar-refractivity contribution is -0.153. The van der Waals surface area contributed by atoms with Gasteiger partial charge in [-0.2, -0.15) is 4.98 Å². The third kappa shape index (κ3) is 5.84. The topological polar surface area (TPSA) is 126 Å². The lowest BCUT2D eigenvalue weighted by Crippen LogP contribution is -2.34. The van der Waals surface area contributed by atoms with Gasteiger partial charge in [0.15, 0.2) is 6.23 Å². The Hall–Kier alpha value is -4.31. The number of hydrogen-bond donors (Lipinski definition) is 1. The molecule has 2 aromatic carbocycles. The van der Waals surface area contributed by atoms with Gasteiger partial charge in [0.05, 0.1) is 6.10 Å². The van der Waals surface area contributed by atoms with Crippen LogP contribution in [0.15, 0.2) is 71.7 Å². The SMILES string of the molecule is CC(=O)OC[C@@H]1C[C@@H](OC(C)=O)[C@H](n2cc(-c3ccccc3)c(NC(=O)c3ccccc3)nc2=O)O1. The van der Waals surface area contributed by atoms with Gasteiger partial charge in [-0.3, -0.25) is 19.0 Å². The zero-order chi connectivity index (χ0) is 25.7. The van der Waals surface area contributed by atoms with E-state index < -0.39 is 42.0 Å². The second-order valence-electron chi connectivity index (χ2n) is 8.21. The number of carbonyl (C=O) groups excluding carboxylic acids is 3. The lowest BCUT2D eigenvalue weighted by Gasteiger charge is -2.22. The van der Waals surface area contributed by atoms with Crippen LogP contribution in [0.5, 0.6) is 0 Å². The first kappa shape index (κ1) is 24.8. The Labute approximate surface area is 206 Å². The average molecular weight is 492 g/mol. The molecule has 3 atom stereocenters. The summed E-state index contributed by atoms with van der Waals surface area (Å²) in [5.41, 5.74) is 0.854. The first-order valence-electron chi connectivity index (χ1n) is 11.3. The molecule has 1 aromatic heterocycles. The third-order valence-corrected chi connectivity index (χ3v) is 5.51. The van der Waals surface area contributed by atoms with Crippen LogP contribution >= 0.6 is 0 Å². The highest BCUT2D eigenvalue weighted by Crippen LogP contribution is 2.33. The molecule has 0 radical (unpaired) electrons. The van der Waals surface area contributed by atoms with Gasteiger partial charge in [0, 0.05) is 37.6 Å². The molecule has 186 valence electrons. The summed E-state index contributed by atoms with van der Waals surface area (Å²) in [6.07, 6.45) is -0.669. The van der Waals surface area contributed by atoms with Crippen molar-refractivity contribution in [2.75, 3.05) is 11.9 Å². The molecule has 10 nitrogen and oxygen atoms in total. The van der Waals surface area contributed by atoms with Gasteiger partial charge in [0.1, 0.15) is 18.5 Å².